The van der Waals surface area contributed by atoms with Crippen molar-refractivity contribution < 1.29 is 32.9 Å². The number of aromatic nitrogens is 4. The highest BCUT2D eigenvalue weighted by Gasteiger charge is 2.21. The third-order valence-electron chi connectivity index (χ3n) is 5.92. The fourth-order valence-electron chi connectivity index (χ4n) is 4.01. The summed E-state index contributed by atoms with van der Waals surface area (Å²) in [7, 11) is 2.74. The Kier molecular flexibility index (Phi) is 8.31. The van der Waals surface area contributed by atoms with Crippen molar-refractivity contribution in [2.24, 2.45) is 0 Å². The van der Waals surface area contributed by atoms with Gasteiger partial charge in [0.1, 0.15) is 34.0 Å². The Balaban J connectivity index is 1.31. The fourth-order valence-corrected chi connectivity index (χ4v) is 5.32. The molecule has 0 saturated carbocycles. The predicted octanol–water partition coefficient (Wildman–Crippen LogP) is 6.21. The van der Waals surface area contributed by atoms with Crippen molar-refractivity contribution in [3.63, 3.8) is 0 Å². The fraction of sp³-hybridized carbons (Fsp3) is 0.214. The Bertz CT molecular complexity index is 1830. The molecule has 1 N–H and O–H groups in total. The van der Waals surface area contributed by atoms with Crippen molar-refractivity contribution in [3.8, 4) is 22.2 Å². The van der Waals surface area contributed by atoms with E-state index < -0.39 is 24.0 Å². The van der Waals surface area contributed by atoms with E-state index in [1.165, 1.54) is 56.1 Å². The van der Waals surface area contributed by atoms with E-state index in [0.29, 0.717) is 26.6 Å². The van der Waals surface area contributed by atoms with E-state index >= 15 is 4.39 Å². The van der Waals surface area contributed by atoms with Gasteiger partial charge in [0, 0.05) is 23.5 Å². The molecule has 42 heavy (non-hydrogen) atoms. The molecule has 5 aromatic rings. The smallest absolute Gasteiger partial charge is 0.412 e. The van der Waals surface area contributed by atoms with Crippen LogP contribution in [0.15, 0.2) is 42.7 Å². The molecular formula is C28H23ClFN5O6S. The first kappa shape index (κ1) is 28.9. The van der Waals surface area contributed by atoms with E-state index in [0.717, 1.165) is 11.1 Å². The molecule has 0 aliphatic carbocycles. The average Bonchev–Trinajstić information content (AvgIpc) is 3.41. The van der Waals surface area contributed by atoms with Crippen molar-refractivity contribution in [1.82, 2.24) is 19.9 Å². The van der Waals surface area contributed by atoms with Crippen LogP contribution in [0.2, 0.25) is 5.02 Å². The van der Waals surface area contributed by atoms with Crippen LogP contribution in [0.5, 0.6) is 11.6 Å². The Morgan fingerprint density at radius 3 is 2.69 bits per heavy atom. The Labute approximate surface area is 247 Å². The lowest BCUT2D eigenvalue weighted by atomic mass is 10.1. The van der Waals surface area contributed by atoms with Gasteiger partial charge in [-0.2, -0.15) is 0 Å². The summed E-state index contributed by atoms with van der Waals surface area (Å²) in [5.74, 6) is -1.17. The molecule has 1 amide bonds. The maximum absolute atomic E-state index is 15.2. The van der Waals surface area contributed by atoms with Gasteiger partial charge in [-0.25, -0.2) is 33.9 Å². The lowest BCUT2D eigenvalue weighted by molar-refractivity contribution is 0.0593. The minimum atomic E-state index is -0.805. The average molecular weight is 612 g/mol. The summed E-state index contributed by atoms with van der Waals surface area (Å²) in [6.45, 7) is 3.34. The zero-order valence-electron chi connectivity index (χ0n) is 22.7. The van der Waals surface area contributed by atoms with E-state index in [1.54, 1.807) is 6.92 Å². The van der Waals surface area contributed by atoms with Crippen LogP contribution < -0.4 is 14.8 Å². The molecule has 0 saturated heterocycles. The molecule has 3 aromatic heterocycles. The number of carbonyl (C=O) groups is 2. The second-order valence-corrected chi connectivity index (χ2v) is 10.4. The number of methoxy groups -OCH3 is 2. The number of rotatable bonds is 8. The van der Waals surface area contributed by atoms with Gasteiger partial charge in [0.05, 0.1) is 36.1 Å². The highest BCUT2D eigenvalue weighted by atomic mass is 35.5. The highest BCUT2D eigenvalue weighted by Crippen LogP contribution is 2.40. The number of anilines is 1. The number of esters is 1. The van der Waals surface area contributed by atoms with Crippen LogP contribution in [0.4, 0.5) is 14.9 Å². The normalized spacial score (nSPS) is 11.8. The van der Waals surface area contributed by atoms with Crippen LogP contribution in [0.3, 0.4) is 0 Å². The maximum Gasteiger partial charge on any atom is 0.412 e. The molecule has 0 aliphatic heterocycles. The topological polar surface area (TPSA) is 135 Å². The molecular weight excluding hydrogens is 589 g/mol. The van der Waals surface area contributed by atoms with Gasteiger partial charge in [0.2, 0.25) is 5.88 Å². The Morgan fingerprint density at radius 1 is 1.12 bits per heavy atom. The number of pyridine rings is 1. The number of hydrogen-bond donors (Lipinski definition) is 1. The first-order valence-electron chi connectivity index (χ1n) is 12.4. The van der Waals surface area contributed by atoms with Gasteiger partial charge in [-0.3, -0.25) is 5.32 Å². The molecule has 216 valence electrons. The van der Waals surface area contributed by atoms with E-state index in [4.69, 9.17) is 25.8 Å². The van der Waals surface area contributed by atoms with Crippen LogP contribution in [-0.2, 0) is 9.47 Å². The van der Waals surface area contributed by atoms with Crippen LogP contribution in [0.1, 0.15) is 23.0 Å². The van der Waals surface area contributed by atoms with E-state index in [9.17, 15) is 9.59 Å². The van der Waals surface area contributed by atoms with Gasteiger partial charge in [0.25, 0.3) is 0 Å². The first-order valence-corrected chi connectivity index (χ1v) is 13.6. The van der Waals surface area contributed by atoms with Crippen LogP contribution in [0, 0.1) is 12.7 Å². The molecule has 0 radical (unpaired) electrons. The summed E-state index contributed by atoms with van der Waals surface area (Å²) < 4.78 is 36.5. The van der Waals surface area contributed by atoms with Gasteiger partial charge in [-0.1, -0.05) is 11.6 Å². The number of hydrogen-bond acceptors (Lipinski definition) is 11. The number of halogens is 2. The Morgan fingerprint density at radius 2 is 1.93 bits per heavy atom. The van der Waals surface area contributed by atoms with Crippen LogP contribution in [-0.4, -0.2) is 58.9 Å². The number of carbonyl (C=O) groups excluding carboxylic acids is 2. The predicted molar refractivity (Wildman–Crippen MR) is 155 cm³/mol. The first-order chi connectivity index (χ1) is 20.2. The summed E-state index contributed by atoms with van der Waals surface area (Å²) in [6.07, 6.45) is 1.29. The van der Waals surface area contributed by atoms with Crippen LogP contribution in [0.25, 0.3) is 31.8 Å². The van der Waals surface area contributed by atoms with Gasteiger partial charge >= 0.3 is 12.1 Å². The molecule has 0 spiro atoms. The molecule has 0 bridgehead atoms. The summed E-state index contributed by atoms with van der Waals surface area (Å²) in [5.41, 5.74) is 3.49. The van der Waals surface area contributed by atoms with Crippen molar-refractivity contribution in [2.45, 2.75) is 20.0 Å². The number of thiazole rings is 1. The number of fused-ring (bicyclic) bond motifs is 2. The molecule has 2 aromatic carbocycles. The number of ether oxygens (including phenoxy) is 4. The molecule has 0 fully saturated rings. The maximum atomic E-state index is 15.2. The van der Waals surface area contributed by atoms with Crippen molar-refractivity contribution >= 4 is 61.9 Å². The number of amides is 1. The summed E-state index contributed by atoms with van der Waals surface area (Å²) in [6, 6.07) is 8.14. The standard InChI is InChI=1S/C28H23ClFN5O6S/c1-13-7-16(24-17(8-13)34-21(38-3)11-32-24)26-35-25-20(42-26)10-19(23(30)22(25)29)40-12-14(2)41-28(37)33-15-5-6-31-18(9-15)27(36)39-4/h5-11,14H,12H2,1-4H3,(H,31,33,37). The van der Waals surface area contributed by atoms with E-state index in [2.05, 4.69) is 30.0 Å². The minimum Gasteiger partial charge on any atom is -0.487 e. The summed E-state index contributed by atoms with van der Waals surface area (Å²) in [4.78, 5) is 41.4. The van der Waals surface area contributed by atoms with Gasteiger partial charge in [-0.05, 0) is 43.7 Å². The molecule has 14 heteroatoms. The lowest BCUT2D eigenvalue weighted by Gasteiger charge is -2.15. The number of nitrogens with zero attached hydrogens (tertiary/aromatic N) is 4. The Hall–Kier alpha value is -4.62. The second kappa shape index (κ2) is 12.1. The monoisotopic (exact) mass is 611 g/mol. The third-order valence-corrected chi connectivity index (χ3v) is 7.30. The molecule has 1 atom stereocenters. The molecule has 1 unspecified atom stereocenters. The number of benzene rings is 2. The number of nitrogens with one attached hydrogen (secondary N) is 1. The molecule has 5 rings (SSSR count). The largest absolute Gasteiger partial charge is 0.487 e. The van der Waals surface area contributed by atoms with Crippen molar-refractivity contribution in [1.29, 1.82) is 0 Å². The third kappa shape index (κ3) is 6.02. The lowest BCUT2D eigenvalue weighted by Crippen LogP contribution is -2.25. The molecule has 3 heterocycles. The van der Waals surface area contributed by atoms with Crippen LogP contribution >= 0.6 is 22.9 Å². The van der Waals surface area contributed by atoms with Gasteiger partial charge < -0.3 is 18.9 Å². The van der Waals surface area contributed by atoms with Crippen molar-refractivity contribution in [2.75, 3.05) is 26.1 Å². The van der Waals surface area contributed by atoms with Gasteiger partial charge in [0.15, 0.2) is 11.6 Å². The summed E-state index contributed by atoms with van der Waals surface area (Å²) >= 11 is 7.66. The molecule has 11 nitrogen and oxygen atoms in total. The minimum absolute atomic E-state index is 0.0180. The second-order valence-electron chi connectivity index (χ2n) is 9.03. The van der Waals surface area contributed by atoms with E-state index in [-0.39, 0.29) is 34.3 Å². The SMILES string of the molecule is COC(=O)c1cc(NC(=O)OC(C)COc2cc3sc(-c4cc(C)cc5nc(OC)cnc45)nc3c(Cl)c2F)ccn1. The van der Waals surface area contributed by atoms with Crippen molar-refractivity contribution in [3.05, 3.63) is 64.8 Å². The quantitative estimate of drug-likeness (QED) is 0.202. The number of aryl methyl sites for hydroxylation is 1. The van der Waals surface area contributed by atoms with Gasteiger partial charge in [-0.15, -0.1) is 11.3 Å². The highest BCUT2D eigenvalue weighted by molar-refractivity contribution is 7.21. The zero-order valence-corrected chi connectivity index (χ0v) is 24.3. The van der Waals surface area contributed by atoms with E-state index in [1.807, 2.05) is 19.1 Å². The molecule has 0 aliphatic rings. The zero-order chi connectivity index (χ0) is 30.0. The summed E-state index contributed by atoms with van der Waals surface area (Å²) in [5, 5.41) is 2.88.